The van der Waals surface area contributed by atoms with E-state index in [1.165, 1.54) is 18.3 Å². The Morgan fingerprint density at radius 2 is 2.14 bits per heavy atom. The number of nitrogens with zero attached hydrogens (tertiary/aromatic N) is 4. The lowest BCUT2D eigenvalue weighted by molar-refractivity contribution is 0.100. The minimum absolute atomic E-state index is 0.0214. The second kappa shape index (κ2) is 8.22. The summed E-state index contributed by atoms with van der Waals surface area (Å²) < 4.78 is 15.8. The van der Waals surface area contributed by atoms with E-state index in [0.29, 0.717) is 5.69 Å². The van der Waals surface area contributed by atoms with E-state index in [1.54, 1.807) is 16.9 Å². The van der Waals surface area contributed by atoms with Gasteiger partial charge in [0, 0.05) is 35.6 Å². The second-order valence-electron chi connectivity index (χ2n) is 6.30. The van der Waals surface area contributed by atoms with E-state index >= 15 is 0 Å². The van der Waals surface area contributed by atoms with Gasteiger partial charge in [-0.15, -0.1) is 0 Å². The van der Waals surface area contributed by atoms with Gasteiger partial charge in [-0.2, -0.15) is 10.1 Å². The Morgan fingerprint density at radius 3 is 2.79 bits per heavy atom. The van der Waals surface area contributed by atoms with Crippen LogP contribution >= 0.6 is 11.6 Å². The molecule has 0 saturated heterocycles. The van der Waals surface area contributed by atoms with Crippen LogP contribution in [0, 0.1) is 5.82 Å². The van der Waals surface area contributed by atoms with Gasteiger partial charge in [0.15, 0.2) is 0 Å². The van der Waals surface area contributed by atoms with Crippen molar-refractivity contribution in [2.24, 2.45) is 5.73 Å². The Kier molecular flexibility index (Phi) is 5.74. The molecule has 2 aromatic heterocycles. The first-order valence-electron chi connectivity index (χ1n) is 8.50. The highest BCUT2D eigenvalue weighted by atomic mass is 35.5. The molecular formula is C18H19ClFN7O. The molecule has 28 heavy (non-hydrogen) atoms. The molecule has 1 aromatic carbocycles. The van der Waals surface area contributed by atoms with Crippen molar-refractivity contribution in [3.8, 4) is 0 Å². The van der Waals surface area contributed by atoms with Crippen molar-refractivity contribution in [2.75, 3.05) is 10.6 Å². The molecule has 4 N–H and O–H groups in total. The number of primary amides is 1. The topological polar surface area (TPSA) is 111 Å². The molecule has 10 heteroatoms. The number of carbonyl (C=O) groups is 1. The quantitative estimate of drug-likeness (QED) is 0.556. The molecule has 0 atom stereocenters. The Morgan fingerprint density at radius 1 is 1.36 bits per heavy atom. The number of carbonyl (C=O) groups excluding carboxylic acids is 1. The third kappa shape index (κ3) is 4.37. The molecule has 146 valence electrons. The van der Waals surface area contributed by atoms with E-state index in [0.717, 1.165) is 0 Å². The standard InChI is InChI=1S/C18H19ClFN7O/c1-10(2)27-9-11(6-24-27)25-18-23-8-13(16(21)28)17(26-18)22-7-12-14(19)4-3-5-15(12)20/h3-6,8-10H,7H2,1-2H3,(H2,21,28)(H2,22,23,25,26). The number of halogens is 2. The van der Waals surface area contributed by atoms with E-state index in [9.17, 15) is 9.18 Å². The van der Waals surface area contributed by atoms with Crippen LogP contribution in [0.25, 0.3) is 0 Å². The average molecular weight is 404 g/mol. The zero-order chi connectivity index (χ0) is 20.3. The van der Waals surface area contributed by atoms with Crippen LogP contribution in [0.3, 0.4) is 0 Å². The first-order valence-corrected chi connectivity index (χ1v) is 8.87. The lowest BCUT2D eigenvalue weighted by Crippen LogP contribution is -2.17. The summed E-state index contributed by atoms with van der Waals surface area (Å²) in [5.41, 5.74) is 6.41. The maximum atomic E-state index is 14.0. The molecule has 0 unspecified atom stereocenters. The Labute approximate surface area is 165 Å². The number of nitrogens with two attached hydrogens (primary N) is 1. The monoisotopic (exact) mass is 403 g/mol. The minimum atomic E-state index is -0.707. The highest BCUT2D eigenvalue weighted by molar-refractivity contribution is 6.31. The smallest absolute Gasteiger partial charge is 0.254 e. The molecule has 0 fully saturated rings. The van der Waals surface area contributed by atoms with Gasteiger partial charge in [-0.1, -0.05) is 17.7 Å². The number of aromatic nitrogens is 4. The molecule has 0 aliphatic carbocycles. The van der Waals surface area contributed by atoms with Crippen molar-refractivity contribution in [1.29, 1.82) is 0 Å². The third-order valence-electron chi connectivity index (χ3n) is 3.94. The van der Waals surface area contributed by atoms with Gasteiger partial charge < -0.3 is 16.4 Å². The van der Waals surface area contributed by atoms with Gasteiger partial charge in [-0.3, -0.25) is 9.48 Å². The van der Waals surface area contributed by atoms with Crippen LogP contribution in [0.15, 0.2) is 36.8 Å². The molecule has 1 amide bonds. The fraction of sp³-hybridized carbons (Fsp3) is 0.222. The number of nitrogens with one attached hydrogen (secondary N) is 2. The van der Waals surface area contributed by atoms with Crippen molar-refractivity contribution in [3.05, 3.63) is 58.8 Å². The van der Waals surface area contributed by atoms with Crippen LogP contribution in [0.1, 0.15) is 35.8 Å². The van der Waals surface area contributed by atoms with Gasteiger partial charge in [0.2, 0.25) is 5.95 Å². The SMILES string of the molecule is CC(C)n1cc(Nc2ncc(C(N)=O)c(NCc3c(F)cccc3Cl)n2)cn1. The molecule has 0 saturated carbocycles. The van der Waals surface area contributed by atoms with Crippen LogP contribution in [-0.4, -0.2) is 25.7 Å². The predicted molar refractivity (Wildman–Crippen MR) is 105 cm³/mol. The maximum Gasteiger partial charge on any atom is 0.254 e. The molecule has 3 aromatic rings. The molecule has 2 heterocycles. The number of anilines is 3. The van der Waals surface area contributed by atoms with Crippen LogP contribution in [0.4, 0.5) is 21.8 Å². The fourth-order valence-electron chi connectivity index (χ4n) is 2.44. The molecule has 8 nitrogen and oxygen atoms in total. The van der Waals surface area contributed by atoms with E-state index in [1.807, 2.05) is 20.0 Å². The normalized spacial score (nSPS) is 10.9. The largest absolute Gasteiger partial charge is 0.365 e. The zero-order valence-electron chi connectivity index (χ0n) is 15.3. The number of hydrogen-bond donors (Lipinski definition) is 3. The molecular weight excluding hydrogens is 385 g/mol. The first-order chi connectivity index (χ1) is 13.3. The molecule has 0 spiro atoms. The predicted octanol–water partition coefficient (Wildman–Crippen LogP) is 3.50. The maximum absolute atomic E-state index is 14.0. The lowest BCUT2D eigenvalue weighted by Gasteiger charge is -2.12. The van der Waals surface area contributed by atoms with Gasteiger partial charge >= 0.3 is 0 Å². The summed E-state index contributed by atoms with van der Waals surface area (Å²) in [6.45, 7) is 4.03. The third-order valence-corrected chi connectivity index (χ3v) is 4.29. The van der Waals surface area contributed by atoms with Crippen molar-refractivity contribution in [1.82, 2.24) is 19.7 Å². The number of hydrogen-bond acceptors (Lipinski definition) is 6. The van der Waals surface area contributed by atoms with Gasteiger partial charge in [0.1, 0.15) is 11.6 Å². The molecule has 0 bridgehead atoms. The van der Waals surface area contributed by atoms with E-state index in [2.05, 4.69) is 25.7 Å². The Hall–Kier alpha value is -3.20. The van der Waals surface area contributed by atoms with E-state index in [-0.39, 0.29) is 40.5 Å². The van der Waals surface area contributed by atoms with Crippen molar-refractivity contribution in [3.63, 3.8) is 0 Å². The Balaban J connectivity index is 1.84. The summed E-state index contributed by atoms with van der Waals surface area (Å²) in [4.78, 5) is 20.1. The van der Waals surface area contributed by atoms with E-state index in [4.69, 9.17) is 17.3 Å². The molecule has 0 aliphatic rings. The zero-order valence-corrected chi connectivity index (χ0v) is 16.0. The van der Waals surface area contributed by atoms with Crippen LogP contribution in [0.5, 0.6) is 0 Å². The van der Waals surface area contributed by atoms with Crippen molar-refractivity contribution >= 4 is 35.0 Å². The molecule has 0 aliphatic heterocycles. The summed E-state index contributed by atoms with van der Waals surface area (Å²) in [6, 6.07) is 4.60. The summed E-state index contributed by atoms with van der Waals surface area (Å²) in [7, 11) is 0. The fourth-order valence-corrected chi connectivity index (χ4v) is 2.67. The molecule has 3 rings (SSSR count). The number of rotatable bonds is 7. The van der Waals surface area contributed by atoms with Crippen molar-refractivity contribution < 1.29 is 9.18 Å². The summed E-state index contributed by atoms with van der Waals surface area (Å²) in [5.74, 6) is -0.772. The summed E-state index contributed by atoms with van der Waals surface area (Å²) in [6.07, 6.45) is 4.75. The Bertz CT molecular complexity index is 985. The van der Waals surface area contributed by atoms with E-state index < -0.39 is 11.7 Å². The molecule has 0 radical (unpaired) electrons. The highest BCUT2D eigenvalue weighted by Crippen LogP contribution is 2.22. The lowest BCUT2D eigenvalue weighted by atomic mass is 10.2. The number of amides is 1. The first kappa shape index (κ1) is 19.6. The van der Waals surface area contributed by atoms with Crippen LogP contribution in [0.2, 0.25) is 5.02 Å². The summed E-state index contributed by atoms with van der Waals surface area (Å²) >= 11 is 6.04. The average Bonchev–Trinajstić information content (AvgIpc) is 3.10. The van der Waals surface area contributed by atoms with Crippen molar-refractivity contribution in [2.45, 2.75) is 26.4 Å². The number of benzene rings is 1. The highest BCUT2D eigenvalue weighted by Gasteiger charge is 2.14. The summed E-state index contributed by atoms with van der Waals surface area (Å²) in [5, 5.41) is 10.4. The second-order valence-corrected chi connectivity index (χ2v) is 6.71. The van der Waals surface area contributed by atoms with Gasteiger partial charge in [0.05, 0.1) is 17.4 Å². The van der Waals surface area contributed by atoms with Crippen LogP contribution in [-0.2, 0) is 6.54 Å². The van der Waals surface area contributed by atoms with Gasteiger partial charge in [0.25, 0.3) is 5.91 Å². The van der Waals surface area contributed by atoms with Crippen LogP contribution < -0.4 is 16.4 Å². The van der Waals surface area contributed by atoms with Gasteiger partial charge in [-0.25, -0.2) is 9.37 Å². The van der Waals surface area contributed by atoms with Gasteiger partial charge in [-0.05, 0) is 26.0 Å². The minimum Gasteiger partial charge on any atom is -0.365 e.